The average Bonchev–Trinajstić information content (AvgIpc) is 2.88. The van der Waals surface area contributed by atoms with Crippen LogP contribution in [0.4, 0.5) is 5.69 Å². The van der Waals surface area contributed by atoms with Gasteiger partial charge >= 0.3 is 5.97 Å². The third-order valence-electron chi connectivity index (χ3n) is 3.20. The molecule has 0 aliphatic carbocycles. The van der Waals surface area contributed by atoms with Gasteiger partial charge in [-0.1, -0.05) is 6.07 Å². The fourth-order valence-corrected chi connectivity index (χ4v) is 2.09. The Balaban J connectivity index is 1.86. The Bertz CT molecular complexity index is 885. The predicted molar refractivity (Wildman–Crippen MR) is 78.8 cm³/mol. The molecule has 22 heavy (non-hydrogen) atoms. The molecule has 0 amide bonds. The molecule has 7 nitrogen and oxygen atoms in total. The number of nitrogens with zero attached hydrogens (tertiary/aromatic N) is 3. The number of benzene rings is 2. The highest BCUT2D eigenvalue weighted by atomic mass is 16.6. The summed E-state index contributed by atoms with van der Waals surface area (Å²) in [5.74, 6) is -0.318. The van der Waals surface area contributed by atoms with Crippen molar-refractivity contribution in [3.63, 3.8) is 0 Å². The van der Waals surface area contributed by atoms with E-state index in [1.165, 1.54) is 24.3 Å². The molecular weight excluding hydrogens is 286 g/mol. The van der Waals surface area contributed by atoms with E-state index in [0.29, 0.717) is 11.3 Å². The van der Waals surface area contributed by atoms with Gasteiger partial charge in [0.05, 0.1) is 27.8 Å². The number of hydrogen-bond donors (Lipinski definition) is 0. The van der Waals surface area contributed by atoms with Gasteiger partial charge in [0, 0.05) is 25.2 Å². The van der Waals surface area contributed by atoms with Crippen LogP contribution in [0.25, 0.3) is 11.0 Å². The van der Waals surface area contributed by atoms with Crippen LogP contribution < -0.4 is 4.74 Å². The normalized spacial score (nSPS) is 10.6. The van der Waals surface area contributed by atoms with Gasteiger partial charge in [-0.25, -0.2) is 9.78 Å². The van der Waals surface area contributed by atoms with Gasteiger partial charge in [-0.05, 0) is 18.2 Å². The molecule has 0 unspecified atom stereocenters. The summed E-state index contributed by atoms with van der Waals surface area (Å²) in [5, 5.41) is 10.7. The number of imidazole rings is 1. The number of hydrogen-bond acceptors (Lipinski definition) is 5. The standard InChI is InChI=1S/C15H11N3O4/c1-17-9-16-13-8-12(5-6-14(13)17)22-15(19)10-3-2-4-11(7-10)18(20)21/h2-9H,1H3. The summed E-state index contributed by atoms with van der Waals surface area (Å²) in [6, 6.07) is 10.5. The van der Waals surface area contributed by atoms with Gasteiger partial charge in [-0.3, -0.25) is 10.1 Å². The second kappa shape index (κ2) is 5.28. The molecule has 0 atom stereocenters. The van der Waals surface area contributed by atoms with Gasteiger partial charge in [0.1, 0.15) is 5.75 Å². The number of ether oxygens (including phenoxy) is 1. The zero-order chi connectivity index (χ0) is 15.7. The van der Waals surface area contributed by atoms with Crippen LogP contribution in [-0.4, -0.2) is 20.4 Å². The zero-order valence-electron chi connectivity index (χ0n) is 11.6. The summed E-state index contributed by atoms with van der Waals surface area (Å²) in [6.45, 7) is 0. The van der Waals surface area contributed by atoms with E-state index in [9.17, 15) is 14.9 Å². The van der Waals surface area contributed by atoms with Crippen LogP contribution in [0.1, 0.15) is 10.4 Å². The summed E-state index contributed by atoms with van der Waals surface area (Å²) in [4.78, 5) is 26.4. The Hall–Kier alpha value is -3.22. The molecule has 0 saturated heterocycles. The molecule has 0 radical (unpaired) electrons. The second-order valence-electron chi connectivity index (χ2n) is 4.70. The van der Waals surface area contributed by atoms with E-state index >= 15 is 0 Å². The van der Waals surface area contributed by atoms with Gasteiger partial charge in [0.25, 0.3) is 5.69 Å². The summed E-state index contributed by atoms with van der Waals surface area (Å²) < 4.78 is 7.09. The second-order valence-corrected chi connectivity index (χ2v) is 4.70. The maximum atomic E-state index is 12.1. The Morgan fingerprint density at radius 2 is 2.09 bits per heavy atom. The molecule has 3 aromatic rings. The lowest BCUT2D eigenvalue weighted by Crippen LogP contribution is -2.08. The molecule has 0 aliphatic rings. The monoisotopic (exact) mass is 297 g/mol. The van der Waals surface area contributed by atoms with Crippen molar-refractivity contribution >= 4 is 22.7 Å². The number of rotatable bonds is 3. The predicted octanol–water partition coefficient (Wildman–Crippen LogP) is 2.70. The van der Waals surface area contributed by atoms with Gasteiger partial charge in [-0.2, -0.15) is 0 Å². The van der Waals surface area contributed by atoms with Crippen molar-refractivity contribution in [2.75, 3.05) is 0 Å². The maximum absolute atomic E-state index is 12.1. The van der Waals surface area contributed by atoms with Crippen molar-refractivity contribution in [3.05, 3.63) is 64.5 Å². The molecule has 7 heteroatoms. The minimum atomic E-state index is -0.654. The van der Waals surface area contributed by atoms with Crippen LogP contribution in [-0.2, 0) is 7.05 Å². The van der Waals surface area contributed by atoms with Crippen molar-refractivity contribution in [2.24, 2.45) is 7.05 Å². The highest BCUT2D eigenvalue weighted by molar-refractivity contribution is 5.92. The number of nitro groups is 1. The maximum Gasteiger partial charge on any atom is 0.343 e. The average molecular weight is 297 g/mol. The van der Waals surface area contributed by atoms with E-state index in [4.69, 9.17) is 4.74 Å². The van der Waals surface area contributed by atoms with Gasteiger partial charge in [-0.15, -0.1) is 0 Å². The van der Waals surface area contributed by atoms with Crippen LogP contribution in [0.3, 0.4) is 0 Å². The summed E-state index contributed by atoms with van der Waals surface area (Å²) in [7, 11) is 1.87. The number of esters is 1. The molecule has 3 rings (SSSR count). The van der Waals surface area contributed by atoms with E-state index in [1.54, 1.807) is 24.5 Å². The lowest BCUT2D eigenvalue weighted by molar-refractivity contribution is -0.384. The minimum Gasteiger partial charge on any atom is -0.423 e. The third-order valence-corrected chi connectivity index (χ3v) is 3.20. The Kier molecular flexibility index (Phi) is 3.30. The largest absolute Gasteiger partial charge is 0.423 e. The van der Waals surface area contributed by atoms with E-state index < -0.39 is 10.9 Å². The molecule has 0 aliphatic heterocycles. The van der Waals surface area contributed by atoms with Gasteiger partial charge in [0.15, 0.2) is 0 Å². The number of nitro benzene ring substituents is 1. The first-order valence-electron chi connectivity index (χ1n) is 6.42. The first-order chi connectivity index (χ1) is 10.5. The number of aryl methyl sites for hydroxylation is 1. The topological polar surface area (TPSA) is 87.3 Å². The van der Waals surface area contributed by atoms with Crippen molar-refractivity contribution in [3.8, 4) is 5.75 Å². The van der Waals surface area contributed by atoms with E-state index in [-0.39, 0.29) is 11.3 Å². The first kappa shape index (κ1) is 13.7. The summed E-state index contributed by atoms with van der Waals surface area (Å²) in [6.07, 6.45) is 1.66. The van der Waals surface area contributed by atoms with Crippen LogP contribution in [0, 0.1) is 10.1 Å². The van der Waals surface area contributed by atoms with Crippen molar-refractivity contribution in [1.29, 1.82) is 0 Å². The first-order valence-corrected chi connectivity index (χ1v) is 6.42. The third kappa shape index (κ3) is 2.51. The Labute approximate surface area is 124 Å². The van der Waals surface area contributed by atoms with E-state index in [1.807, 2.05) is 11.6 Å². The molecule has 1 aromatic heterocycles. The van der Waals surface area contributed by atoms with Crippen LogP contribution >= 0.6 is 0 Å². The Morgan fingerprint density at radius 1 is 1.27 bits per heavy atom. The highest BCUT2D eigenvalue weighted by Gasteiger charge is 2.14. The van der Waals surface area contributed by atoms with Gasteiger partial charge < -0.3 is 9.30 Å². The van der Waals surface area contributed by atoms with Gasteiger partial charge in [0.2, 0.25) is 0 Å². The number of carbonyl (C=O) groups excluding carboxylic acids is 1. The van der Waals surface area contributed by atoms with Crippen LogP contribution in [0.2, 0.25) is 0 Å². The lowest BCUT2D eigenvalue weighted by atomic mass is 10.2. The molecule has 0 spiro atoms. The van der Waals surface area contributed by atoms with Crippen molar-refractivity contribution in [2.45, 2.75) is 0 Å². The number of fused-ring (bicyclic) bond motifs is 1. The zero-order valence-corrected chi connectivity index (χ0v) is 11.6. The highest BCUT2D eigenvalue weighted by Crippen LogP contribution is 2.21. The minimum absolute atomic E-state index is 0.121. The van der Waals surface area contributed by atoms with Crippen molar-refractivity contribution < 1.29 is 14.5 Å². The SMILES string of the molecule is Cn1cnc2cc(OC(=O)c3cccc([N+](=O)[O-])c3)ccc21. The molecule has 110 valence electrons. The number of aromatic nitrogens is 2. The fourth-order valence-electron chi connectivity index (χ4n) is 2.09. The Morgan fingerprint density at radius 3 is 2.86 bits per heavy atom. The lowest BCUT2D eigenvalue weighted by Gasteiger charge is -2.04. The molecule has 0 saturated carbocycles. The van der Waals surface area contributed by atoms with Crippen LogP contribution in [0.5, 0.6) is 5.75 Å². The molecular formula is C15H11N3O4. The molecule has 0 fully saturated rings. The summed E-state index contributed by atoms with van der Waals surface area (Å²) in [5.41, 5.74) is 1.58. The fraction of sp³-hybridized carbons (Fsp3) is 0.0667. The smallest absolute Gasteiger partial charge is 0.343 e. The molecule has 0 bridgehead atoms. The van der Waals surface area contributed by atoms with Crippen LogP contribution in [0.15, 0.2) is 48.8 Å². The number of carbonyl (C=O) groups is 1. The van der Waals surface area contributed by atoms with Crippen molar-refractivity contribution in [1.82, 2.24) is 9.55 Å². The number of non-ortho nitro benzene ring substituents is 1. The molecule has 0 N–H and O–H groups in total. The van der Waals surface area contributed by atoms with E-state index in [0.717, 1.165) is 5.52 Å². The molecule has 2 aromatic carbocycles. The van der Waals surface area contributed by atoms with E-state index in [2.05, 4.69) is 4.98 Å². The summed E-state index contributed by atoms with van der Waals surface area (Å²) >= 11 is 0. The quantitative estimate of drug-likeness (QED) is 0.321. The molecule has 1 heterocycles.